The maximum Gasteiger partial charge on any atom is 0.316 e. The molecule has 2 amide bonds. The van der Waals surface area contributed by atoms with Gasteiger partial charge in [-0.05, 0) is 36.4 Å². The molecule has 0 spiro atoms. The SMILES string of the molecule is CC1SCCC1Nc1ccc(NC(N)=O)cc1. The molecule has 17 heavy (non-hydrogen) atoms. The zero-order chi connectivity index (χ0) is 12.3. The number of nitrogens with one attached hydrogen (secondary N) is 2. The molecule has 0 radical (unpaired) electrons. The van der Waals surface area contributed by atoms with E-state index in [1.807, 2.05) is 36.0 Å². The summed E-state index contributed by atoms with van der Waals surface area (Å²) in [7, 11) is 0. The highest BCUT2D eigenvalue weighted by Crippen LogP contribution is 2.29. The van der Waals surface area contributed by atoms with Crippen LogP contribution < -0.4 is 16.4 Å². The molecule has 1 saturated heterocycles. The first-order valence-corrected chi connectivity index (χ1v) is 6.74. The van der Waals surface area contributed by atoms with E-state index >= 15 is 0 Å². The van der Waals surface area contributed by atoms with Crippen LogP contribution in [0.2, 0.25) is 0 Å². The highest BCUT2D eigenvalue weighted by atomic mass is 32.2. The van der Waals surface area contributed by atoms with Crippen molar-refractivity contribution in [3.63, 3.8) is 0 Å². The molecule has 1 aromatic carbocycles. The number of hydrogen-bond acceptors (Lipinski definition) is 3. The van der Waals surface area contributed by atoms with Crippen molar-refractivity contribution in [3.05, 3.63) is 24.3 Å². The summed E-state index contributed by atoms with van der Waals surface area (Å²) in [5.74, 6) is 1.22. The van der Waals surface area contributed by atoms with E-state index in [4.69, 9.17) is 5.73 Å². The second-order valence-electron chi connectivity index (χ2n) is 4.18. The van der Waals surface area contributed by atoms with Gasteiger partial charge in [0, 0.05) is 22.7 Å². The predicted molar refractivity (Wildman–Crippen MR) is 73.6 cm³/mol. The smallest absolute Gasteiger partial charge is 0.316 e. The van der Waals surface area contributed by atoms with Gasteiger partial charge < -0.3 is 16.4 Å². The number of rotatable bonds is 3. The van der Waals surface area contributed by atoms with Crippen molar-refractivity contribution in [1.82, 2.24) is 0 Å². The number of carbonyl (C=O) groups excluding carboxylic acids is 1. The molecule has 2 rings (SSSR count). The second-order valence-corrected chi connectivity index (χ2v) is 5.67. The molecule has 92 valence electrons. The molecule has 0 aliphatic carbocycles. The van der Waals surface area contributed by atoms with E-state index in [1.54, 1.807) is 0 Å². The fourth-order valence-electron chi connectivity index (χ4n) is 1.93. The Morgan fingerprint density at radius 2 is 2.00 bits per heavy atom. The van der Waals surface area contributed by atoms with Crippen LogP contribution in [0.4, 0.5) is 16.2 Å². The molecule has 1 fully saturated rings. The average Bonchev–Trinajstić information content (AvgIpc) is 2.67. The van der Waals surface area contributed by atoms with Crippen molar-refractivity contribution < 1.29 is 4.79 Å². The lowest BCUT2D eigenvalue weighted by Crippen LogP contribution is -2.24. The third-order valence-electron chi connectivity index (χ3n) is 2.88. The normalized spacial score (nSPS) is 23.4. The van der Waals surface area contributed by atoms with Gasteiger partial charge in [-0.15, -0.1) is 0 Å². The van der Waals surface area contributed by atoms with Crippen molar-refractivity contribution in [2.24, 2.45) is 5.73 Å². The summed E-state index contributed by atoms with van der Waals surface area (Å²) in [4.78, 5) is 10.7. The molecule has 1 aliphatic heterocycles. The summed E-state index contributed by atoms with van der Waals surface area (Å²) in [5.41, 5.74) is 6.85. The van der Waals surface area contributed by atoms with E-state index in [0.29, 0.717) is 11.3 Å². The van der Waals surface area contributed by atoms with Crippen molar-refractivity contribution in [1.29, 1.82) is 0 Å². The first-order valence-electron chi connectivity index (χ1n) is 5.70. The van der Waals surface area contributed by atoms with Crippen LogP contribution >= 0.6 is 11.8 Å². The highest BCUT2D eigenvalue weighted by Gasteiger charge is 2.23. The van der Waals surface area contributed by atoms with E-state index < -0.39 is 6.03 Å². The van der Waals surface area contributed by atoms with E-state index in [9.17, 15) is 4.79 Å². The Morgan fingerprint density at radius 3 is 2.53 bits per heavy atom. The van der Waals surface area contributed by atoms with Crippen LogP contribution in [0.5, 0.6) is 0 Å². The van der Waals surface area contributed by atoms with Gasteiger partial charge in [-0.1, -0.05) is 6.92 Å². The third kappa shape index (κ3) is 3.30. The van der Waals surface area contributed by atoms with Crippen molar-refractivity contribution >= 4 is 29.2 Å². The molecule has 5 heteroatoms. The number of benzene rings is 1. The summed E-state index contributed by atoms with van der Waals surface area (Å²) in [6.07, 6.45) is 1.20. The fourth-order valence-corrected chi connectivity index (χ4v) is 3.13. The topological polar surface area (TPSA) is 67.2 Å². The van der Waals surface area contributed by atoms with Gasteiger partial charge in [-0.2, -0.15) is 11.8 Å². The number of urea groups is 1. The third-order valence-corrected chi connectivity index (χ3v) is 4.21. The molecule has 0 saturated carbocycles. The number of carbonyl (C=O) groups is 1. The number of anilines is 2. The van der Waals surface area contributed by atoms with E-state index in [1.165, 1.54) is 12.2 Å². The molecule has 2 unspecified atom stereocenters. The maximum atomic E-state index is 10.7. The van der Waals surface area contributed by atoms with Gasteiger partial charge in [0.2, 0.25) is 0 Å². The van der Waals surface area contributed by atoms with E-state index in [-0.39, 0.29) is 0 Å². The Kier molecular flexibility index (Phi) is 3.78. The first kappa shape index (κ1) is 12.1. The molecule has 1 aromatic rings. The van der Waals surface area contributed by atoms with Gasteiger partial charge in [-0.3, -0.25) is 0 Å². The van der Waals surface area contributed by atoms with Gasteiger partial charge in [0.05, 0.1) is 0 Å². The predicted octanol–water partition coefficient (Wildman–Crippen LogP) is 2.48. The molecule has 1 aliphatic rings. The minimum absolute atomic E-state index is 0.536. The second kappa shape index (κ2) is 5.31. The number of nitrogens with two attached hydrogens (primary N) is 1. The quantitative estimate of drug-likeness (QED) is 0.773. The Bertz CT molecular complexity index is 393. The maximum absolute atomic E-state index is 10.7. The van der Waals surface area contributed by atoms with Crippen LogP contribution in [0.3, 0.4) is 0 Å². The Morgan fingerprint density at radius 1 is 1.35 bits per heavy atom. The lowest BCUT2D eigenvalue weighted by atomic mass is 10.1. The number of amides is 2. The monoisotopic (exact) mass is 251 g/mol. The zero-order valence-corrected chi connectivity index (χ0v) is 10.6. The minimum atomic E-state index is -0.536. The number of thioether (sulfide) groups is 1. The number of hydrogen-bond donors (Lipinski definition) is 3. The molecule has 4 N–H and O–H groups in total. The van der Waals surface area contributed by atoms with Crippen LogP contribution in [0.1, 0.15) is 13.3 Å². The molecule has 4 nitrogen and oxygen atoms in total. The fraction of sp³-hybridized carbons (Fsp3) is 0.417. The van der Waals surface area contributed by atoms with Crippen molar-refractivity contribution in [2.75, 3.05) is 16.4 Å². The average molecular weight is 251 g/mol. The standard InChI is InChI=1S/C12H17N3OS/c1-8-11(6-7-17-8)14-9-2-4-10(5-3-9)15-12(13)16/h2-5,8,11,14H,6-7H2,1H3,(H3,13,15,16). The van der Waals surface area contributed by atoms with Crippen molar-refractivity contribution in [2.45, 2.75) is 24.6 Å². The van der Waals surface area contributed by atoms with Crippen LogP contribution in [0.25, 0.3) is 0 Å². The van der Waals surface area contributed by atoms with Crippen molar-refractivity contribution in [3.8, 4) is 0 Å². The first-order chi connectivity index (χ1) is 8.15. The summed E-state index contributed by atoms with van der Waals surface area (Å²) >= 11 is 2.00. The zero-order valence-electron chi connectivity index (χ0n) is 9.77. The number of primary amides is 1. The largest absolute Gasteiger partial charge is 0.381 e. The lowest BCUT2D eigenvalue weighted by molar-refractivity contribution is 0.259. The molecule has 2 atom stereocenters. The van der Waals surface area contributed by atoms with Gasteiger partial charge >= 0.3 is 6.03 Å². The summed E-state index contributed by atoms with van der Waals surface area (Å²) in [5, 5.41) is 6.70. The summed E-state index contributed by atoms with van der Waals surface area (Å²) in [6.45, 7) is 2.25. The highest BCUT2D eigenvalue weighted by molar-refractivity contribution is 8.00. The Labute approximate surface area is 105 Å². The molecule has 0 aromatic heterocycles. The minimum Gasteiger partial charge on any atom is -0.381 e. The molecular formula is C12H17N3OS. The van der Waals surface area contributed by atoms with Crippen LogP contribution in [-0.4, -0.2) is 23.1 Å². The van der Waals surface area contributed by atoms with Crippen LogP contribution in [-0.2, 0) is 0 Å². The van der Waals surface area contributed by atoms with Gasteiger partial charge in [0.15, 0.2) is 0 Å². The van der Waals surface area contributed by atoms with Crippen LogP contribution in [0.15, 0.2) is 24.3 Å². The van der Waals surface area contributed by atoms with Gasteiger partial charge in [-0.25, -0.2) is 4.79 Å². The summed E-state index contributed by atoms with van der Waals surface area (Å²) < 4.78 is 0. The lowest BCUT2D eigenvalue weighted by Gasteiger charge is -2.18. The molecular weight excluding hydrogens is 234 g/mol. The molecule has 1 heterocycles. The van der Waals surface area contributed by atoms with Crippen LogP contribution in [0, 0.1) is 0 Å². The van der Waals surface area contributed by atoms with E-state index in [2.05, 4.69) is 17.6 Å². The van der Waals surface area contributed by atoms with Gasteiger partial charge in [0.25, 0.3) is 0 Å². The Balaban J connectivity index is 1.95. The Hall–Kier alpha value is -1.36. The van der Waals surface area contributed by atoms with Gasteiger partial charge in [0.1, 0.15) is 0 Å². The molecule has 0 bridgehead atoms. The summed E-state index contributed by atoms with van der Waals surface area (Å²) in [6, 6.07) is 7.61. The van der Waals surface area contributed by atoms with E-state index in [0.717, 1.165) is 11.4 Å².